The molecule has 124 valence electrons. The van der Waals surface area contributed by atoms with Crippen LogP contribution in [0, 0.1) is 0 Å². The van der Waals surface area contributed by atoms with Gasteiger partial charge in [-0.15, -0.1) is 11.3 Å². The molecule has 0 aliphatic rings. The Bertz CT molecular complexity index is 726. The molecule has 0 unspecified atom stereocenters. The van der Waals surface area contributed by atoms with Crippen molar-refractivity contribution in [3.63, 3.8) is 0 Å². The quantitative estimate of drug-likeness (QED) is 0.683. The van der Waals surface area contributed by atoms with E-state index in [1.807, 2.05) is 53.0 Å². The predicted molar refractivity (Wildman–Crippen MR) is 94.3 cm³/mol. The molecule has 2 heterocycles. The minimum atomic E-state index is 0.164. The molecule has 0 spiro atoms. The maximum atomic E-state index is 12.7. The number of aromatic nitrogens is 3. The van der Waals surface area contributed by atoms with Gasteiger partial charge in [-0.3, -0.25) is 9.89 Å². The average Bonchev–Trinajstić information content (AvgIpc) is 3.29. The lowest BCUT2D eigenvalue weighted by Crippen LogP contribution is -2.30. The Morgan fingerprint density at radius 1 is 1.17 bits per heavy atom. The van der Waals surface area contributed by atoms with Gasteiger partial charge in [0.05, 0.1) is 12.7 Å². The molecule has 0 atom stereocenters. The van der Waals surface area contributed by atoms with Crippen molar-refractivity contribution < 1.29 is 4.79 Å². The molecule has 24 heavy (non-hydrogen) atoms. The monoisotopic (exact) mass is 340 g/mol. The summed E-state index contributed by atoms with van der Waals surface area (Å²) in [5, 5.41) is 9.64. The zero-order valence-electron chi connectivity index (χ0n) is 13.4. The largest absolute Gasteiger partial charge is 0.332 e. The van der Waals surface area contributed by atoms with E-state index in [4.69, 9.17) is 0 Å². The highest BCUT2D eigenvalue weighted by atomic mass is 32.1. The predicted octanol–water partition coefficient (Wildman–Crippen LogP) is 3.42. The maximum absolute atomic E-state index is 12.7. The number of H-pyrrole nitrogens is 1. The summed E-state index contributed by atoms with van der Waals surface area (Å²) in [5.41, 5.74) is 2.27. The number of aromatic amines is 1. The lowest BCUT2D eigenvalue weighted by atomic mass is 10.1. The van der Waals surface area contributed by atoms with E-state index in [0.717, 1.165) is 29.0 Å². The molecule has 1 aromatic carbocycles. The van der Waals surface area contributed by atoms with Gasteiger partial charge in [0.1, 0.15) is 5.01 Å². The van der Waals surface area contributed by atoms with Gasteiger partial charge < -0.3 is 4.90 Å². The summed E-state index contributed by atoms with van der Waals surface area (Å²) in [6.07, 6.45) is 7.68. The summed E-state index contributed by atoms with van der Waals surface area (Å²) in [5.74, 6) is 0.164. The molecule has 1 N–H and O–H groups in total. The van der Waals surface area contributed by atoms with Crippen LogP contribution in [0.4, 0.5) is 0 Å². The van der Waals surface area contributed by atoms with Crippen LogP contribution in [-0.4, -0.2) is 26.0 Å². The number of carbonyl (C=O) groups excluding carboxylic acids is 1. The van der Waals surface area contributed by atoms with Crippen LogP contribution < -0.4 is 0 Å². The number of benzene rings is 1. The Balaban J connectivity index is 1.60. The minimum absolute atomic E-state index is 0.164. The fourth-order valence-electron chi connectivity index (χ4n) is 2.55. The molecule has 0 saturated heterocycles. The van der Waals surface area contributed by atoms with E-state index in [2.05, 4.69) is 15.2 Å². The molecule has 0 aliphatic carbocycles. The maximum Gasteiger partial charge on any atom is 0.223 e. The van der Waals surface area contributed by atoms with Crippen molar-refractivity contribution in [3.8, 4) is 0 Å². The zero-order valence-corrected chi connectivity index (χ0v) is 14.2. The Kier molecular flexibility index (Phi) is 5.74. The number of amides is 1. The van der Waals surface area contributed by atoms with E-state index in [1.54, 1.807) is 17.5 Å². The Labute approximate surface area is 145 Å². The molecule has 5 nitrogen and oxygen atoms in total. The number of nitrogens with zero attached hydrogens (tertiary/aromatic N) is 3. The molecule has 6 heteroatoms. The van der Waals surface area contributed by atoms with E-state index in [-0.39, 0.29) is 5.91 Å². The SMILES string of the molecule is O=C(CCCc1cn[nH]c1)N(Cc1ccccc1)Cc1nccs1. The molecule has 0 fully saturated rings. The van der Waals surface area contributed by atoms with Crippen molar-refractivity contribution in [1.29, 1.82) is 0 Å². The normalized spacial score (nSPS) is 10.7. The first-order valence-electron chi connectivity index (χ1n) is 7.99. The summed E-state index contributed by atoms with van der Waals surface area (Å²) < 4.78 is 0. The smallest absolute Gasteiger partial charge is 0.223 e. The van der Waals surface area contributed by atoms with Crippen LogP contribution in [0.5, 0.6) is 0 Å². The van der Waals surface area contributed by atoms with Gasteiger partial charge in [-0.2, -0.15) is 5.10 Å². The Hall–Kier alpha value is -2.47. The highest BCUT2D eigenvalue weighted by molar-refractivity contribution is 7.09. The van der Waals surface area contributed by atoms with Gasteiger partial charge in [-0.25, -0.2) is 4.98 Å². The van der Waals surface area contributed by atoms with E-state index >= 15 is 0 Å². The zero-order chi connectivity index (χ0) is 16.6. The van der Waals surface area contributed by atoms with Crippen molar-refractivity contribution in [2.45, 2.75) is 32.4 Å². The van der Waals surface area contributed by atoms with Crippen LogP contribution >= 0.6 is 11.3 Å². The third kappa shape index (κ3) is 4.76. The highest BCUT2D eigenvalue weighted by Gasteiger charge is 2.15. The van der Waals surface area contributed by atoms with Crippen LogP contribution in [0.3, 0.4) is 0 Å². The molecule has 0 bridgehead atoms. The second-order valence-corrected chi connectivity index (χ2v) is 6.60. The number of nitrogens with one attached hydrogen (secondary N) is 1. The number of hydrogen-bond acceptors (Lipinski definition) is 4. The van der Waals surface area contributed by atoms with E-state index in [9.17, 15) is 4.79 Å². The lowest BCUT2D eigenvalue weighted by Gasteiger charge is -2.22. The van der Waals surface area contributed by atoms with Crippen molar-refractivity contribution >= 4 is 17.2 Å². The number of aryl methyl sites for hydroxylation is 1. The first kappa shape index (κ1) is 16.4. The molecule has 0 radical (unpaired) electrons. The van der Waals surface area contributed by atoms with Gasteiger partial charge in [0.2, 0.25) is 5.91 Å². The number of rotatable bonds is 8. The number of hydrogen-bond donors (Lipinski definition) is 1. The lowest BCUT2D eigenvalue weighted by molar-refractivity contribution is -0.132. The summed E-state index contributed by atoms with van der Waals surface area (Å²) in [7, 11) is 0. The van der Waals surface area contributed by atoms with Crippen LogP contribution in [0.15, 0.2) is 54.3 Å². The number of thiazole rings is 1. The summed E-state index contributed by atoms with van der Waals surface area (Å²) in [6, 6.07) is 10.1. The summed E-state index contributed by atoms with van der Waals surface area (Å²) >= 11 is 1.58. The molecule has 1 amide bonds. The molecule has 0 aliphatic heterocycles. The van der Waals surface area contributed by atoms with E-state index < -0.39 is 0 Å². The van der Waals surface area contributed by atoms with Gasteiger partial charge in [0, 0.05) is 30.7 Å². The van der Waals surface area contributed by atoms with Crippen molar-refractivity contribution in [1.82, 2.24) is 20.1 Å². The molecule has 2 aromatic heterocycles. The fourth-order valence-corrected chi connectivity index (χ4v) is 3.18. The highest BCUT2D eigenvalue weighted by Crippen LogP contribution is 2.14. The third-order valence-electron chi connectivity index (χ3n) is 3.79. The second kappa shape index (κ2) is 8.40. The summed E-state index contributed by atoms with van der Waals surface area (Å²) in [4.78, 5) is 18.9. The molecule has 3 rings (SSSR count). The van der Waals surface area contributed by atoms with Gasteiger partial charge in [0.25, 0.3) is 0 Å². The van der Waals surface area contributed by atoms with Crippen molar-refractivity contribution in [3.05, 3.63) is 70.4 Å². The van der Waals surface area contributed by atoms with Crippen LogP contribution in [0.1, 0.15) is 29.0 Å². The van der Waals surface area contributed by atoms with Crippen LogP contribution in [0.2, 0.25) is 0 Å². The number of carbonyl (C=O) groups is 1. The topological polar surface area (TPSA) is 61.9 Å². The molecule has 0 saturated carbocycles. The van der Waals surface area contributed by atoms with Crippen molar-refractivity contribution in [2.24, 2.45) is 0 Å². The minimum Gasteiger partial charge on any atom is -0.332 e. The van der Waals surface area contributed by atoms with E-state index in [1.165, 1.54) is 0 Å². The van der Waals surface area contributed by atoms with Crippen LogP contribution in [-0.2, 0) is 24.3 Å². The fraction of sp³-hybridized carbons (Fsp3) is 0.278. The molecular weight excluding hydrogens is 320 g/mol. The third-order valence-corrected chi connectivity index (χ3v) is 4.55. The average molecular weight is 340 g/mol. The first-order valence-corrected chi connectivity index (χ1v) is 8.87. The van der Waals surface area contributed by atoms with E-state index in [0.29, 0.717) is 19.5 Å². The van der Waals surface area contributed by atoms with Gasteiger partial charge >= 0.3 is 0 Å². The summed E-state index contributed by atoms with van der Waals surface area (Å²) in [6.45, 7) is 1.18. The van der Waals surface area contributed by atoms with Crippen LogP contribution in [0.25, 0.3) is 0 Å². The Morgan fingerprint density at radius 2 is 2.04 bits per heavy atom. The molecular formula is C18H20N4OS. The van der Waals surface area contributed by atoms with Gasteiger partial charge in [-0.1, -0.05) is 30.3 Å². The second-order valence-electron chi connectivity index (χ2n) is 5.62. The molecule has 3 aromatic rings. The Morgan fingerprint density at radius 3 is 2.75 bits per heavy atom. The van der Waals surface area contributed by atoms with Gasteiger partial charge in [0.15, 0.2) is 0 Å². The van der Waals surface area contributed by atoms with Gasteiger partial charge in [-0.05, 0) is 24.0 Å². The standard InChI is InChI=1S/C18H20N4OS/c23-18(8-4-7-16-11-20-21-12-16)22(14-17-19-9-10-24-17)13-15-5-2-1-3-6-15/h1-3,5-6,9-12H,4,7-8,13-14H2,(H,20,21). The van der Waals surface area contributed by atoms with Crippen molar-refractivity contribution in [2.75, 3.05) is 0 Å². The first-order chi connectivity index (χ1) is 11.8.